The summed E-state index contributed by atoms with van der Waals surface area (Å²) >= 11 is 0. The fraction of sp³-hybridized carbons (Fsp3) is 0.600. The molecule has 0 radical (unpaired) electrons. The van der Waals surface area contributed by atoms with E-state index in [1.807, 2.05) is 19.1 Å². The maximum absolute atomic E-state index is 10.0. The van der Waals surface area contributed by atoms with Crippen molar-refractivity contribution in [1.29, 1.82) is 0 Å². The lowest BCUT2D eigenvalue weighted by atomic mass is 9.93. The largest absolute Gasteiger partial charge is 0.467 e. The zero-order valence-electron chi connectivity index (χ0n) is 11.9. The Labute approximate surface area is 119 Å². The third-order valence-corrected chi connectivity index (χ3v) is 4.14. The van der Waals surface area contributed by atoms with Crippen LogP contribution in [-0.4, -0.2) is 35.5 Å². The normalized spacial score (nSPS) is 22.1. The second-order valence-corrected chi connectivity index (χ2v) is 6.05. The number of aliphatic hydroxyl groups is 1. The van der Waals surface area contributed by atoms with Gasteiger partial charge in [-0.15, -0.1) is 0 Å². The third kappa shape index (κ3) is 2.90. The van der Waals surface area contributed by atoms with Gasteiger partial charge >= 0.3 is 0 Å². The second kappa shape index (κ2) is 5.24. The van der Waals surface area contributed by atoms with Crippen LogP contribution < -0.4 is 10.5 Å². The van der Waals surface area contributed by atoms with Gasteiger partial charge in [0.25, 0.3) is 0 Å². The Kier molecular flexibility index (Phi) is 3.58. The summed E-state index contributed by atoms with van der Waals surface area (Å²) in [5.74, 6) is 0.919. The van der Waals surface area contributed by atoms with E-state index in [0.717, 1.165) is 55.0 Å². The monoisotopic (exact) mass is 278 g/mol. The van der Waals surface area contributed by atoms with E-state index in [0.29, 0.717) is 13.4 Å². The highest BCUT2D eigenvalue weighted by atomic mass is 16.7. The van der Waals surface area contributed by atoms with Crippen LogP contribution in [0.5, 0.6) is 5.75 Å². The van der Waals surface area contributed by atoms with Gasteiger partial charge in [0.1, 0.15) is 5.75 Å². The predicted molar refractivity (Wildman–Crippen MR) is 76.3 cm³/mol. The predicted octanol–water partition coefficient (Wildman–Crippen LogP) is 1.48. The summed E-state index contributed by atoms with van der Waals surface area (Å²) in [7, 11) is 0. The fourth-order valence-corrected chi connectivity index (χ4v) is 2.88. The van der Waals surface area contributed by atoms with Crippen LogP contribution in [0.4, 0.5) is 5.69 Å². The molecule has 2 heterocycles. The molecule has 2 aliphatic rings. The molecule has 0 bridgehead atoms. The van der Waals surface area contributed by atoms with Crippen LogP contribution in [0.2, 0.25) is 0 Å². The zero-order valence-corrected chi connectivity index (χ0v) is 11.9. The van der Waals surface area contributed by atoms with Gasteiger partial charge in [-0.1, -0.05) is 0 Å². The first-order chi connectivity index (χ1) is 9.53. The standard InChI is InChI=1S/C15H22N2O3/c1-15(18)2-4-17(5-3-15)8-11-6-13(16)7-12-9-19-10-20-14(11)12/h6-7,18H,2-5,8-10,16H2,1H3. The number of nitrogens with zero attached hydrogens (tertiary/aromatic N) is 1. The highest BCUT2D eigenvalue weighted by Crippen LogP contribution is 2.32. The molecule has 1 aromatic rings. The van der Waals surface area contributed by atoms with E-state index in [-0.39, 0.29) is 0 Å². The lowest BCUT2D eigenvalue weighted by Gasteiger charge is -2.36. The first-order valence-corrected chi connectivity index (χ1v) is 7.10. The van der Waals surface area contributed by atoms with E-state index < -0.39 is 5.60 Å². The number of anilines is 1. The zero-order chi connectivity index (χ0) is 14.2. The topological polar surface area (TPSA) is 68.0 Å². The number of hydrogen-bond donors (Lipinski definition) is 2. The van der Waals surface area contributed by atoms with Crippen molar-refractivity contribution in [2.75, 3.05) is 25.6 Å². The molecule has 1 aromatic carbocycles. The lowest BCUT2D eigenvalue weighted by molar-refractivity contribution is -0.0195. The fourth-order valence-electron chi connectivity index (χ4n) is 2.88. The average Bonchev–Trinajstić information content (AvgIpc) is 2.41. The van der Waals surface area contributed by atoms with Gasteiger partial charge in [0, 0.05) is 36.4 Å². The minimum Gasteiger partial charge on any atom is -0.467 e. The van der Waals surface area contributed by atoms with E-state index in [9.17, 15) is 5.11 Å². The highest BCUT2D eigenvalue weighted by Gasteiger charge is 2.28. The van der Waals surface area contributed by atoms with Crippen molar-refractivity contribution in [2.45, 2.75) is 38.5 Å². The summed E-state index contributed by atoms with van der Waals surface area (Å²) in [6.07, 6.45) is 1.61. The minimum atomic E-state index is -0.518. The van der Waals surface area contributed by atoms with E-state index in [2.05, 4.69) is 4.90 Å². The van der Waals surface area contributed by atoms with Crippen LogP contribution in [0.15, 0.2) is 12.1 Å². The van der Waals surface area contributed by atoms with Gasteiger partial charge in [0.05, 0.1) is 12.2 Å². The smallest absolute Gasteiger partial charge is 0.189 e. The number of benzene rings is 1. The molecule has 0 amide bonds. The van der Waals surface area contributed by atoms with Crippen molar-refractivity contribution < 1.29 is 14.6 Å². The van der Waals surface area contributed by atoms with E-state index in [1.165, 1.54) is 0 Å². The number of nitrogen functional groups attached to an aromatic ring is 1. The van der Waals surface area contributed by atoms with Crippen molar-refractivity contribution in [3.63, 3.8) is 0 Å². The molecule has 0 spiro atoms. The summed E-state index contributed by atoms with van der Waals surface area (Å²) in [5, 5.41) is 10.0. The Hall–Kier alpha value is -1.30. The molecule has 110 valence electrons. The van der Waals surface area contributed by atoms with Crippen LogP contribution in [0.25, 0.3) is 0 Å². The molecule has 0 atom stereocenters. The van der Waals surface area contributed by atoms with Gasteiger partial charge in [-0.05, 0) is 31.9 Å². The number of ether oxygens (including phenoxy) is 2. The molecular weight excluding hydrogens is 256 g/mol. The van der Waals surface area contributed by atoms with Crippen molar-refractivity contribution >= 4 is 5.69 Å². The molecule has 1 fully saturated rings. The minimum absolute atomic E-state index is 0.304. The number of hydrogen-bond acceptors (Lipinski definition) is 5. The molecule has 0 aromatic heterocycles. The highest BCUT2D eigenvalue weighted by molar-refractivity contribution is 5.53. The van der Waals surface area contributed by atoms with Crippen LogP contribution in [0.1, 0.15) is 30.9 Å². The molecule has 0 aliphatic carbocycles. The van der Waals surface area contributed by atoms with Crippen molar-refractivity contribution in [3.8, 4) is 5.75 Å². The summed E-state index contributed by atoms with van der Waals surface area (Å²) in [6, 6.07) is 3.90. The Morgan fingerprint density at radius 1 is 1.35 bits per heavy atom. The van der Waals surface area contributed by atoms with E-state index in [1.54, 1.807) is 0 Å². The number of fused-ring (bicyclic) bond motifs is 1. The van der Waals surface area contributed by atoms with E-state index >= 15 is 0 Å². The Bertz CT molecular complexity index is 492. The van der Waals surface area contributed by atoms with Gasteiger partial charge in [-0.25, -0.2) is 0 Å². The maximum Gasteiger partial charge on any atom is 0.189 e. The number of nitrogens with two attached hydrogens (primary N) is 1. The van der Waals surface area contributed by atoms with Crippen LogP contribution in [-0.2, 0) is 17.9 Å². The summed E-state index contributed by atoms with van der Waals surface area (Å²) < 4.78 is 10.9. The van der Waals surface area contributed by atoms with E-state index in [4.69, 9.17) is 15.2 Å². The molecule has 2 aliphatic heterocycles. The third-order valence-electron chi connectivity index (χ3n) is 4.14. The van der Waals surface area contributed by atoms with Gasteiger partial charge in [0.15, 0.2) is 6.79 Å². The summed E-state index contributed by atoms with van der Waals surface area (Å²) in [6.45, 7) is 5.37. The van der Waals surface area contributed by atoms with Crippen molar-refractivity contribution in [1.82, 2.24) is 4.90 Å². The quantitative estimate of drug-likeness (QED) is 0.802. The van der Waals surface area contributed by atoms with Crippen LogP contribution >= 0.6 is 0 Å². The molecule has 3 N–H and O–H groups in total. The maximum atomic E-state index is 10.0. The van der Waals surface area contributed by atoms with Gasteiger partial charge in [-0.3, -0.25) is 4.90 Å². The first kappa shape index (κ1) is 13.7. The molecule has 0 saturated carbocycles. The first-order valence-electron chi connectivity index (χ1n) is 7.10. The Morgan fingerprint density at radius 2 is 2.10 bits per heavy atom. The molecule has 0 unspecified atom stereocenters. The molecule has 20 heavy (non-hydrogen) atoms. The molecule has 5 nitrogen and oxygen atoms in total. The molecular formula is C15H22N2O3. The molecule has 5 heteroatoms. The molecule has 3 rings (SSSR count). The second-order valence-electron chi connectivity index (χ2n) is 6.05. The summed E-state index contributed by atoms with van der Waals surface area (Å²) in [5.41, 5.74) is 8.33. The van der Waals surface area contributed by atoms with Gasteiger partial charge in [-0.2, -0.15) is 0 Å². The lowest BCUT2D eigenvalue weighted by Crippen LogP contribution is -2.42. The number of piperidine rings is 1. The number of likely N-dealkylation sites (tertiary alicyclic amines) is 1. The SMILES string of the molecule is CC1(O)CCN(Cc2cc(N)cc3c2OCOC3)CC1. The van der Waals surface area contributed by atoms with Crippen molar-refractivity contribution in [2.24, 2.45) is 0 Å². The Balaban J connectivity index is 1.76. The summed E-state index contributed by atoms with van der Waals surface area (Å²) in [4.78, 5) is 2.34. The van der Waals surface area contributed by atoms with Crippen LogP contribution in [0.3, 0.4) is 0 Å². The number of rotatable bonds is 2. The van der Waals surface area contributed by atoms with Crippen molar-refractivity contribution in [3.05, 3.63) is 23.3 Å². The molecule has 1 saturated heterocycles. The van der Waals surface area contributed by atoms with Gasteiger partial charge in [0.2, 0.25) is 0 Å². The van der Waals surface area contributed by atoms with Crippen LogP contribution in [0, 0.1) is 0 Å². The Morgan fingerprint density at radius 3 is 2.85 bits per heavy atom. The average molecular weight is 278 g/mol. The van der Waals surface area contributed by atoms with Gasteiger partial charge < -0.3 is 20.3 Å².